The Labute approximate surface area is 299 Å². The summed E-state index contributed by atoms with van der Waals surface area (Å²) < 4.78 is 8.68. The molecule has 0 N–H and O–H groups in total. The Kier molecular flexibility index (Phi) is 9.48. The normalized spacial score (nSPS) is 10.9. The largest absolute Gasteiger partial charge is 0.242 e. The second-order valence-electron chi connectivity index (χ2n) is 12.7. The molecule has 0 fully saturated rings. The number of hydrogen-bond donors (Lipinski definition) is 0. The lowest BCUT2D eigenvalue weighted by molar-refractivity contribution is -0.694. The van der Waals surface area contributed by atoms with E-state index in [-0.39, 0.29) is 7.43 Å². The van der Waals surface area contributed by atoms with Crippen LogP contribution in [-0.2, 0) is 13.1 Å². The molecule has 6 nitrogen and oxygen atoms in total. The van der Waals surface area contributed by atoms with Gasteiger partial charge in [0.05, 0.1) is 11.0 Å². The Hall–Kier alpha value is -6.40. The SMILES string of the molecule is C.Cc1ccccc1-[n+]1ccc(-c2cc[n+](Cc3nc4ccccc4nc3C[n+]3ccc(-c4cc[n+](-c5ccccc5C)cc4)cc3)cc2)cc1. The van der Waals surface area contributed by atoms with Crippen molar-refractivity contribution in [1.82, 2.24) is 9.97 Å². The van der Waals surface area contributed by atoms with Crippen molar-refractivity contribution in [1.29, 1.82) is 0 Å². The van der Waals surface area contributed by atoms with E-state index in [1.165, 1.54) is 44.8 Å². The number of aromatic nitrogens is 6. The fourth-order valence-corrected chi connectivity index (χ4v) is 6.45. The quantitative estimate of drug-likeness (QED) is 0.158. The number of benzene rings is 3. The smallest absolute Gasteiger partial charge is 0.213 e. The lowest BCUT2D eigenvalue weighted by Crippen LogP contribution is -2.38. The van der Waals surface area contributed by atoms with Crippen LogP contribution in [0.2, 0.25) is 0 Å². The highest BCUT2D eigenvalue weighted by molar-refractivity contribution is 5.74. The van der Waals surface area contributed by atoms with Crippen LogP contribution in [0, 0.1) is 13.8 Å². The van der Waals surface area contributed by atoms with Gasteiger partial charge in [-0.15, -0.1) is 0 Å². The summed E-state index contributed by atoms with van der Waals surface area (Å²) in [5.74, 6) is 0. The topological polar surface area (TPSA) is 41.3 Å². The number of rotatable bonds is 8. The van der Waals surface area contributed by atoms with E-state index in [2.05, 4.69) is 179 Å². The summed E-state index contributed by atoms with van der Waals surface area (Å²) in [7, 11) is 0. The zero-order chi connectivity index (χ0) is 33.9. The Morgan fingerprint density at radius 3 is 1.06 bits per heavy atom. The summed E-state index contributed by atoms with van der Waals surface area (Å²) in [5, 5.41) is 0. The summed E-state index contributed by atoms with van der Waals surface area (Å²) >= 11 is 0. The van der Waals surface area contributed by atoms with Gasteiger partial charge in [0.15, 0.2) is 62.7 Å². The van der Waals surface area contributed by atoms with Crippen LogP contribution in [0.15, 0.2) is 171 Å². The third-order valence-corrected chi connectivity index (χ3v) is 9.29. The molecule has 0 unspecified atom stereocenters. The van der Waals surface area contributed by atoms with E-state index in [1.807, 2.05) is 24.3 Å². The molecule has 5 aromatic heterocycles. The molecule has 3 aromatic carbocycles. The molecule has 0 saturated carbocycles. The zero-order valence-electron chi connectivity index (χ0n) is 28.3. The molecular formula is C45H42N6+4. The van der Waals surface area contributed by atoms with Crippen LogP contribution in [0.25, 0.3) is 44.7 Å². The number of para-hydroxylation sites is 4. The van der Waals surface area contributed by atoms with E-state index >= 15 is 0 Å². The number of pyridine rings is 4. The molecule has 248 valence electrons. The van der Waals surface area contributed by atoms with E-state index < -0.39 is 0 Å². The predicted molar refractivity (Wildman–Crippen MR) is 201 cm³/mol. The third-order valence-electron chi connectivity index (χ3n) is 9.29. The van der Waals surface area contributed by atoms with Crippen molar-refractivity contribution in [3.8, 4) is 33.6 Å². The molecule has 8 rings (SSSR count). The first-order valence-corrected chi connectivity index (χ1v) is 17.0. The van der Waals surface area contributed by atoms with E-state index in [9.17, 15) is 0 Å². The van der Waals surface area contributed by atoms with E-state index in [1.54, 1.807) is 0 Å². The van der Waals surface area contributed by atoms with Gasteiger partial charge in [-0.05, 0) is 48.2 Å². The van der Waals surface area contributed by atoms with E-state index in [0.717, 1.165) is 22.4 Å². The van der Waals surface area contributed by atoms with Gasteiger partial charge in [-0.25, -0.2) is 9.97 Å². The molecule has 0 saturated heterocycles. The fraction of sp³-hybridized carbons (Fsp3) is 0.111. The maximum Gasteiger partial charge on any atom is 0.213 e. The lowest BCUT2D eigenvalue weighted by atomic mass is 10.1. The standard InChI is InChI=1S/C44H38N6.CH4/c1-33-9-3-7-13-43(33)49-27-19-37(20-28-49)35-15-23-47(24-16-35)31-41-42(46-40-12-6-5-11-39(40)45-41)32-48-25-17-36(18-26-48)38-21-29-50(30-22-38)44-14-8-4-10-34(44)2;/h3-30H,31-32H2,1-2H3;1H4/q+4;. The van der Waals surface area contributed by atoms with E-state index in [4.69, 9.17) is 9.97 Å². The molecule has 0 aliphatic rings. The highest BCUT2D eigenvalue weighted by Gasteiger charge is 2.18. The zero-order valence-corrected chi connectivity index (χ0v) is 28.3. The second kappa shape index (κ2) is 14.6. The van der Waals surface area contributed by atoms with Gasteiger partial charge in [0.2, 0.25) is 11.4 Å². The Bertz CT molecular complexity index is 2250. The Balaban J connectivity index is 0.00000406. The molecule has 0 spiro atoms. The van der Waals surface area contributed by atoms with Crippen LogP contribution in [0.1, 0.15) is 29.9 Å². The van der Waals surface area contributed by atoms with Gasteiger partial charge in [-0.2, -0.15) is 18.3 Å². The molecule has 8 aromatic rings. The van der Waals surface area contributed by atoms with Gasteiger partial charge < -0.3 is 0 Å². The molecule has 0 atom stereocenters. The summed E-state index contributed by atoms with van der Waals surface area (Å²) in [6.07, 6.45) is 17.0. The van der Waals surface area contributed by atoms with Gasteiger partial charge in [-0.1, -0.05) is 56.0 Å². The van der Waals surface area contributed by atoms with Crippen LogP contribution < -0.4 is 18.3 Å². The van der Waals surface area contributed by atoms with Crippen LogP contribution in [0.4, 0.5) is 0 Å². The van der Waals surface area contributed by atoms with Crippen LogP contribution in [0.3, 0.4) is 0 Å². The second-order valence-corrected chi connectivity index (χ2v) is 12.7. The van der Waals surface area contributed by atoms with Gasteiger partial charge in [0.1, 0.15) is 11.4 Å². The molecule has 5 heterocycles. The van der Waals surface area contributed by atoms with Gasteiger partial charge in [0, 0.05) is 71.8 Å². The number of aryl methyl sites for hydroxylation is 2. The summed E-state index contributed by atoms with van der Waals surface area (Å²) in [5.41, 5.74) is 13.3. The molecule has 0 radical (unpaired) electrons. The van der Waals surface area contributed by atoms with Crippen LogP contribution in [0.5, 0.6) is 0 Å². The first-order valence-electron chi connectivity index (χ1n) is 17.0. The average molecular weight is 667 g/mol. The molecular weight excluding hydrogens is 625 g/mol. The minimum Gasteiger partial charge on any atom is -0.242 e. The molecule has 0 bridgehead atoms. The van der Waals surface area contributed by atoms with Crippen LogP contribution in [-0.4, -0.2) is 9.97 Å². The number of hydrogen-bond acceptors (Lipinski definition) is 2. The summed E-state index contributed by atoms with van der Waals surface area (Å²) in [4.78, 5) is 10.2. The monoisotopic (exact) mass is 666 g/mol. The number of fused-ring (bicyclic) bond motifs is 1. The first kappa shape index (κ1) is 33.1. The molecule has 51 heavy (non-hydrogen) atoms. The molecule has 0 aliphatic heterocycles. The minimum absolute atomic E-state index is 0. The molecule has 0 aliphatic carbocycles. The minimum atomic E-state index is 0. The van der Waals surface area contributed by atoms with Crippen LogP contribution >= 0.6 is 0 Å². The fourth-order valence-electron chi connectivity index (χ4n) is 6.45. The summed E-state index contributed by atoms with van der Waals surface area (Å²) in [6.45, 7) is 5.52. The van der Waals surface area contributed by atoms with Crippen molar-refractivity contribution < 1.29 is 18.3 Å². The predicted octanol–water partition coefficient (Wildman–Crippen LogP) is 7.44. The molecule has 0 amide bonds. The van der Waals surface area contributed by atoms with Crippen molar-refractivity contribution >= 4 is 11.0 Å². The maximum absolute atomic E-state index is 5.10. The maximum atomic E-state index is 5.10. The Morgan fingerprint density at radius 2 is 0.706 bits per heavy atom. The highest BCUT2D eigenvalue weighted by atomic mass is 15.0. The van der Waals surface area contributed by atoms with Gasteiger partial charge in [-0.3, -0.25) is 0 Å². The van der Waals surface area contributed by atoms with Crippen molar-refractivity contribution in [3.63, 3.8) is 0 Å². The average Bonchev–Trinajstić information content (AvgIpc) is 3.16. The van der Waals surface area contributed by atoms with Gasteiger partial charge >= 0.3 is 0 Å². The van der Waals surface area contributed by atoms with Crippen molar-refractivity contribution in [2.24, 2.45) is 0 Å². The lowest BCUT2D eigenvalue weighted by Gasteiger charge is -2.07. The van der Waals surface area contributed by atoms with Crippen molar-refractivity contribution in [3.05, 3.63) is 193 Å². The first-order chi connectivity index (χ1) is 24.6. The third kappa shape index (κ3) is 7.17. The van der Waals surface area contributed by atoms with Crippen molar-refractivity contribution in [2.75, 3.05) is 0 Å². The van der Waals surface area contributed by atoms with E-state index in [0.29, 0.717) is 13.1 Å². The number of nitrogens with zero attached hydrogens (tertiary/aromatic N) is 6. The molecule has 6 heteroatoms. The summed E-state index contributed by atoms with van der Waals surface area (Å²) in [6, 6.07) is 42.3. The Morgan fingerprint density at radius 1 is 0.392 bits per heavy atom. The van der Waals surface area contributed by atoms with Crippen molar-refractivity contribution in [2.45, 2.75) is 34.4 Å². The van der Waals surface area contributed by atoms with Gasteiger partial charge in [0.25, 0.3) is 0 Å². The highest BCUT2D eigenvalue weighted by Crippen LogP contribution is 2.19.